The molecule has 6 aromatic rings. The number of benzene rings is 5. The standard InChI is InChI=1S/C49H47N5/c1-32-11-7-15-40(27-32)47-51-48(41-16-8-12-33(2)28-41)54(6)49(52-47)44-30-42(36-19-23-38(24-20-36)45-17-9-13-34(3)50-45)29-43(31-44)37-21-25-39(26-22-37)46-18-10-14-35(4)53(46)5/h7-31,46-48,51H,1-6H3. The molecule has 0 bridgehead atoms. The third-order valence-electron chi connectivity index (χ3n) is 10.8. The number of pyridine rings is 1. The van der Waals surface area contributed by atoms with Crippen LogP contribution in [0.4, 0.5) is 0 Å². The van der Waals surface area contributed by atoms with E-state index in [4.69, 9.17) is 9.98 Å². The lowest BCUT2D eigenvalue weighted by molar-refractivity contribution is 0.257. The largest absolute Gasteiger partial charge is 0.368 e. The molecule has 8 rings (SSSR count). The normalized spacial score (nSPS) is 18.4. The van der Waals surface area contributed by atoms with Gasteiger partial charge in [-0.05, 0) is 103 Å². The summed E-state index contributed by atoms with van der Waals surface area (Å²) in [6.45, 7) is 8.49. The number of rotatable bonds is 7. The Bertz CT molecular complexity index is 2400. The summed E-state index contributed by atoms with van der Waals surface area (Å²) >= 11 is 0. The number of hydrogen-bond acceptors (Lipinski definition) is 5. The molecular formula is C49H47N5. The van der Waals surface area contributed by atoms with Gasteiger partial charge in [-0.2, -0.15) is 0 Å². The molecule has 0 amide bonds. The Labute approximate surface area is 320 Å². The fourth-order valence-corrected chi connectivity index (χ4v) is 7.68. The van der Waals surface area contributed by atoms with Gasteiger partial charge in [0, 0.05) is 36.6 Å². The maximum Gasteiger partial charge on any atom is 0.134 e. The van der Waals surface area contributed by atoms with Crippen LogP contribution in [0.1, 0.15) is 64.4 Å². The predicted octanol–water partition coefficient (Wildman–Crippen LogP) is 11.1. The molecule has 1 aromatic heterocycles. The zero-order valence-electron chi connectivity index (χ0n) is 32.0. The number of hydrogen-bond donors (Lipinski definition) is 1. The second kappa shape index (κ2) is 14.8. The number of allylic oxidation sites excluding steroid dienone is 3. The van der Waals surface area contributed by atoms with E-state index in [9.17, 15) is 0 Å². The Hall–Kier alpha value is -6.04. The van der Waals surface area contributed by atoms with Crippen LogP contribution in [0.2, 0.25) is 0 Å². The Balaban J connectivity index is 1.25. The average Bonchev–Trinajstić information content (AvgIpc) is 3.19. The minimum atomic E-state index is -0.216. The van der Waals surface area contributed by atoms with Gasteiger partial charge < -0.3 is 9.80 Å². The molecule has 3 atom stereocenters. The van der Waals surface area contributed by atoms with E-state index in [1.807, 2.05) is 13.0 Å². The third kappa shape index (κ3) is 7.15. The molecule has 2 aliphatic heterocycles. The van der Waals surface area contributed by atoms with Crippen molar-refractivity contribution in [3.63, 3.8) is 0 Å². The van der Waals surface area contributed by atoms with Crippen molar-refractivity contribution < 1.29 is 0 Å². The zero-order chi connectivity index (χ0) is 37.3. The van der Waals surface area contributed by atoms with E-state index in [0.717, 1.165) is 50.6 Å². The van der Waals surface area contributed by atoms with Gasteiger partial charge in [-0.15, -0.1) is 0 Å². The summed E-state index contributed by atoms with van der Waals surface area (Å²) in [5.41, 5.74) is 16.1. The Kier molecular flexibility index (Phi) is 9.57. The van der Waals surface area contributed by atoms with Crippen LogP contribution in [0.15, 0.2) is 162 Å². The molecule has 54 heavy (non-hydrogen) atoms. The van der Waals surface area contributed by atoms with Crippen LogP contribution in [0, 0.1) is 20.8 Å². The summed E-state index contributed by atoms with van der Waals surface area (Å²) in [7, 11) is 4.31. The van der Waals surface area contributed by atoms with Gasteiger partial charge in [-0.3, -0.25) is 10.3 Å². The first kappa shape index (κ1) is 35.0. The monoisotopic (exact) mass is 705 g/mol. The van der Waals surface area contributed by atoms with Crippen molar-refractivity contribution >= 4 is 5.84 Å². The van der Waals surface area contributed by atoms with E-state index >= 15 is 0 Å². The van der Waals surface area contributed by atoms with Gasteiger partial charge in [0.25, 0.3) is 0 Å². The first-order valence-corrected chi connectivity index (χ1v) is 18.8. The number of aromatic nitrogens is 1. The molecule has 0 saturated carbocycles. The van der Waals surface area contributed by atoms with E-state index in [1.54, 1.807) is 0 Å². The lowest BCUT2D eigenvalue weighted by Crippen LogP contribution is -2.46. The molecule has 0 spiro atoms. The molecule has 1 N–H and O–H groups in total. The number of aliphatic imine (C=N–C) groups is 1. The highest BCUT2D eigenvalue weighted by molar-refractivity contribution is 6.02. The van der Waals surface area contributed by atoms with Crippen molar-refractivity contribution in [2.45, 2.75) is 46.1 Å². The lowest BCUT2D eigenvalue weighted by Gasteiger charge is -2.39. The second-order valence-corrected chi connectivity index (χ2v) is 14.8. The summed E-state index contributed by atoms with van der Waals surface area (Å²) in [6.07, 6.45) is 6.29. The van der Waals surface area contributed by atoms with E-state index in [2.05, 4.69) is 196 Å². The minimum absolute atomic E-state index is 0.0755. The van der Waals surface area contributed by atoms with Crippen molar-refractivity contribution in [1.82, 2.24) is 20.1 Å². The van der Waals surface area contributed by atoms with E-state index in [-0.39, 0.29) is 18.4 Å². The van der Waals surface area contributed by atoms with Gasteiger partial charge in [0.15, 0.2) is 0 Å². The second-order valence-electron chi connectivity index (χ2n) is 14.8. The van der Waals surface area contributed by atoms with E-state index in [0.29, 0.717) is 0 Å². The van der Waals surface area contributed by atoms with Gasteiger partial charge in [0.05, 0.1) is 11.7 Å². The van der Waals surface area contributed by atoms with Crippen molar-refractivity contribution in [2.24, 2.45) is 4.99 Å². The molecule has 268 valence electrons. The number of aryl methyl sites for hydroxylation is 3. The fraction of sp³-hybridized carbons (Fsp3) is 0.184. The molecule has 3 heterocycles. The van der Waals surface area contributed by atoms with E-state index in [1.165, 1.54) is 33.5 Å². The number of nitrogens with zero attached hydrogens (tertiary/aromatic N) is 4. The number of nitrogens with one attached hydrogen (secondary N) is 1. The minimum Gasteiger partial charge on any atom is -0.368 e. The number of likely N-dealkylation sites (N-methyl/N-ethyl adjacent to an activating group) is 1. The molecule has 5 heteroatoms. The molecule has 2 aliphatic rings. The Morgan fingerprint density at radius 3 is 1.80 bits per heavy atom. The highest BCUT2D eigenvalue weighted by Gasteiger charge is 2.31. The predicted molar refractivity (Wildman–Crippen MR) is 224 cm³/mol. The molecule has 0 aliphatic carbocycles. The molecule has 5 nitrogen and oxygen atoms in total. The summed E-state index contributed by atoms with van der Waals surface area (Å²) in [5, 5.41) is 3.87. The maximum atomic E-state index is 5.47. The van der Waals surface area contributed by atoms with Gasteiger partial charge in [0.2, 0.25) is 0 Å². The SMILES string of the molecule is CC1=CC=CC(c2ccc(-c3cc(C4=NC(c5cccc(C)c5)NC(c5cccc(C)c5)N4C)cc(-c4ccc(-c5cccc(C)n5)cc4)c3)cc2)N1C. The highest BCUT2D eigenvalue weighted by atomic mass is 15.4. The first-order chi connectivity index (χ1) is 26.2. The molecule has 5 aromatic carbocycles. The summed E-state index contributed by atoms with van der Waals surface area (Å²) in [5.74, 6) is 0.947. The highest BCUT2D eigenvalue weighted by Crippen LogP contribution is 2.36. The van der Waals surface area contributed by atoms with Crippen molar-refractivity contribution in [2.75, 3.05) is 14.1 Å². The van der Waals surface area contributed by atoms with Gasteiger partial charge in [-0.1, -0.05) is 126 Å². The van der Waals surface area contributed by atoms with Crippen LogP contribution in [0.25, 0.3) is 33.5 Å². The number of amidine groups is 1. The van der Waals surface area contributed by atoms with Gasteiger partial charge >= 0.3 is 0 Å². The van der Waals surface area contributed by atoms with Crippen LogP contribution in [0.3, 0.4) is 0 Å². The zero-order valence-corrected chi connectivity index (χ0v) is 32.0. The molecule has 3 unspecified atom stereocenters. The molecule has 0 radical (unpaired) electrons. The van der Waals surface area contributed by atoms with Crippen LogP contribution in [0.5, 0.6) is 0 Å². The lowest BCUT2D eigenvalue weighted by atomic mass is 9.93. The van der Waals surface area contributed by atoms with E-state index < -0.39 is 0 Å². The topological polar surface area (TPSA) is 43.8 Å². The first-order valence-electron chi connectivity index (χ1n) is 18.8. The quantitative estimate of drug-likeness (QED) is 0.180. The van der Waals surface area contributed by atoms with Crippen molar-refractivity contribution in [3.05, 3.63) is 196 Å². The maximum absolute atomic E-state index is 5.47. The fourth-order valence-electron chi connectivity index (χ4n) is 7.68. The molecular weight excluding hydrogens is 659 g/mol. The molecule has 0 saturated heterocycles. The van der Waals surface area contributed by atoms with Crippen molar-refractivity contribution in [3.8, 4) is 33.5 Å². The Morgan fingerprint density at radius 2 is 1.13 bits per heavy atom. The summed E-state index contributed by atoms with van der Waals surface area (Å²) in [4.78, 5) is 14.9. The van der Waals surface area contributed by atoms with Crippen LogP contribution < -0.4 is 5.32 Å². The summed E-state index contributed by atoms with van der Waals surface area (Å²) < 4.78 is 0. The van der Waals surface area contributed by atoms with Gasteiger partial charge in [0.1, 0.15) is 18.2 Å². The van der Waals surface area contributed by atoms with Crippen LogP contribution >= 0.6 is 0 Å². The average molecular weight is 706 g/mol. The summed E-state index contributed by atoms with van der Waals surface area (Å²) in [6, 6.07) is 48.6. The van der Waals surface area contributed by atoms with Gasteiger partial charge in [-0.25, -0.2) is 4.99 Å². The molecule has 0 fully saturated rings. The van der Waals surface area contributed by atoms with Crippen LogP contribution in [-0.4, -0.2) is 34.7 Å². The van der Waals surface area contributed by atoms with Crippen molar-refractivity contribution in [1.29, 1.82) is 0 Å². The third-order valence-corrected chi connectivity index (χ3v) is 10.8. The Morgan fingerprint density at radius 1 is 0.537 bits per heavy atom. The smallest absolute Gasteiger partial charge is 0.134 e. The van der Waals surface area contributed by atoms with Crippen LogP contribution in [-0.2, 0) is 0 Å².